The first-order chi connectivity index (χ1) is 9.56. The third-order valence-electron chi connectivity index (χ3n) is 3.08. The molecule has 0 saturated heterocycles. The highest BCUT2D eigenvalue weighted by molar-refractivity contribution is 7.91. The van der Waals surface area contributed by atoms with Crippen LogP contribution in [0.5, 0.6) is 0 Å². The quantitative estimate of drug-likeness (QED) is 0.820. The van der Waals surface area contributed by atoms with Crippen LogP contribution in [0, 0.1) is 5.82 Å². The number of hydrogen-bond acceptors (Lipinski definition) is 2. The molecule has 0 radical (unpaired) electrons. The van der Waals surface area contributed by atoms with Gasteiger partial charge in [-0.2, -0.15) is 0 Å². The molecular weight excluding hydrogens is 279 g/mol. The Balaban J connectivity index is 2.21. The van der Waals surface area contributed by atoms with E-state index in [0.717, 1.165) is 0 Å². The van der Waals surface area contributed by atoms with E-state index in [1.807, 2.05) is 0 Å². The molecular formula is C15H9FO3S. The second kappa shape index (κ2) is 4.77. The minimum atomic E-state index is -1.61. The fourth-order valence-corrected chi connectivity index (χ4v) is 3.46. The average Bonchev–Trinajstić information content (AvgIpc) is 2.57. The van der Waals surface area contributed by atoms with Crippen LogP contribution in [0.1, 0.15) is 21.5 Å². The molecule has 2 aromatic rings. The smallest absolute Gasteiger partial charge is 0.335 e. The van der Waals surface area contributed by atoms with Crippen molar-refractivity contribution in [2.75, 3.05) is 0 Å². The molecule has 1 aliphatic heterocycles. The number of halogens is 1. The molecule has 0 saturated carbocycles. The van der Waals surface area contributed by atoms with Crippen molar-refractivity contribution in [3.63, 3.8) is 0 Å². The van der Waals surface area contributed by atoms with Crippen LogP contribution in [-0.2, 0) is 11.2 Å². The molecule has 0 aliphatic carbocycles. The number of fused-ring (bicyclic) bond motifs is 2. The zero-order chi connectivity index (χ0) is 14.3. The summed E-state index contributed by atoms with van der Waals surface area (Å²) in [5.41, 5.74) is 1.40. The van der Waals surface area contributed by atoms with Crippen molar-refractivity contribution in [1.29, 1.82) is 0 Å². The Bertz CT molecular complexity index is 740. The van der Waals surface area contributed by atoms with E-state index in [1.165, 1.54) is 24.3 Å². The van der Waals surface area contributed by atoms with E-state index in [4.69, 9.17) is 5.11 Å². The lowest BCUT2D eigenvalue weighted by atomic mass is 10.1. The third-order valence-corrected chi connectivity index (χ3v) is 4.58. The summed E-state index contributed by atoms with van der Waals surface area (Å²) in [6.07, 6.45) is 3.50. The number of benzene rings is 2. The molecule has 1 heterocycles. The first-order valence-corrected chi connectivity index (χ1v) is 6.98. The predicted octanol–water partition coefficient (Wildman–Crippen LogP) is 3.17. The monoisotopic (exact) mass is 288 g/mol. The van der Waals surface area contributed by atoms with Crippen molar-refractivity contribution in [2.24, 2.45) is 0 Å². The summed E-state index contributed by atoms with van der Waals surface area (Å²) in [6, 6.07) is 8.52. The van der Waals surface area contributed by atoms with Crippen LogP contribution in [0.15, 0.2) is 46.2 Å². The molecule has 0 fully saturated rings. The lowest BCUT2D eigenvalue weighted by molar-refractivity contribution is 0.0696. The summed E-state index contributed by atoms with van der Waals surface area (Å²) < 4.78 is 25.9. The van der Waals surface area contributed by atoms with Gasteiger partial charge in [0.05, 0.1) is 5.56 Å². The summed E-state index contributed by atoms with van der Waals surface area (Å²) >= 11 is -1.61. The molecule has 1 aliphatic rings. The first kappa shape index (κ1) is 12.9. The van der Waals surface area contributed by atoms with Crippen LogP contribution in [-0.4, -0.2) is 15.6 Å². The van der Waals surface area contributed by atoms with Crippen LogP contribution in [0.3, 0.4) is 0 Å². The van der Waals surface area contributed by atoms with E-state index in [0.29, 0.717) is 20.9 Å². The number of aromatic carboxylic acids is 1. The van der Waals surface area contributed by atoms with Crippen molar-refractivity contribution in [2.45, 2.75) is 9.79 Å². The highest BCUT2D eigenvalue weighted by Crippen LogP contribution is 2.33. The molecule has 1 N–H and O–H groups in total. The van der Waals surface area contributed by atoms with E-state index in [1.54, 1.807) is 24.3 Å². The normalized spacial score (nSPS) is 16.2. The van der Waals surface area contributed by atoms with Crippen LogP contribution in [0.4, 0.5) is 4.39 Å². The molecule has 0 amide bonds. The van der Waals surface area contributed by atoms with E-state index >= 15 is 0 Å². The average molecular weight is 288 g/mol. The van der Waals surface area contributed by atoms with Gasteiger partial charge in [0.25, 0.3) is 0 Å². The van der Waals surface area contributed by atoms with E-state index in [2.05, 4.69) is 0 Å². The lowest BCUT2D eigenvalue weighted by Crippen LogP contribution is -2.07. The van der Waals surface area contributed by atoms with Crippen LogP contribution in [0.25, 0.3) is 12.2 Å². The molecule has 0 bridgehead atoms. The maximum atomic E-state index is 13.3. The highest BCUT2D eigenvalue weighted by Gasteiger charge is 2.25. The molecule has 0 spiro atoms. The molecule has 20 heavy (non-hydrogen) atoms. The summed E-state index contributed by atoms with van der Waals surface area (Å²) in [6.45, 7) is 0. The Kier molecular flexibility index (Phi) is 3.08. The Hall–Kier alpha value is -2.11. The largest absolute Gasteiger partial charge is 0.606 e. The Labute approximate surface area is 117 Å². The fraction of sp³-hybridized carbons (Fsp3) is 0. The van der Waals surface area contributed by atoms with Crippen LogP contribution >= 0.6 is 0 Å². The topological polar surface area (TPSA) is 60.4 Å². The van der Waals surface area contributed by atoms with Crippen molar-refractivity contribution in [3.05, 3.63) is 58.9 Å². The number of hydrogen-bond donors (Lipinski definition) is 1. The molecule has 100 valence electrons. The summed E-state index contributed by atoms with van der Waals surface area (Å²) in [5.74, 6) is -1.55. The molecule has 5 heteroatoms. The molecule has 0 unspecified atom stereocenters. The van der Waals surface area contributed by atoms with Gasteiger partial charge < -0.3 is 9.66 Å². The lowest BCUT2D eigenvalue weighted by Gasteiger charge is -2.12. The molecule has 1 atom stereocenters. The number of carboxylic acid groups (broad SMARTS) is 1. The zero-order valence-electron chi connectivity index (χ0n) is 10.2. The van der Waals surface area contributed by atoms with Gasteiger partial charge in [0.2, 0.25) is 0 Å². The van der Waals surface area contributed by atoms with Gasteiger partial charge in [-0.25, -0.2) is 9.18 Å². The highest BCUT2D eigenvalue weighted by atomic mass is 32.2. The zero-order valence-corrected chi connectivity index (χ0v) is 11.0. The molecule has 3 rings (SSSR count). The van der Waals surface area contributed by atoms with Gasteiger partial charge in [0.1, 0.15) is 5.82 Å². The summed E-state index contributed by atoms with van der Waals surface area (Å²) in [4.78, 5) is 11.7. The minimum Gasteiger partial charge on any atom is -0.606 e. The Morgan fingerprint density at radius 1 is 1.05 bits per heavy atom. The van der Waals surface area contributed by atoms with E-state index in [-0.39, 0.29) is 5.56 Å². The van der Waals surface area contributed by atoms with Gasteiger partial charge in [-0.05, 0) is 36.4 Å². The Morgan fingerprint density at radius 2 is 1.65 bits per heavy atom. The number of carbonyl (C=O) groups is 1. The van der Waals surface area contributed by atoms with Gasteiger partial charge in [0.15, 0.2) is 9.79 Å². The van der Waals surface area contributed by atoms with E-state index < -0.39 is 23.0 Å². The van der Waals surface area contributed by atoms with Crippen molar-refractivity contribution in [3.8, 4) is 0 Å². The van der Waals surface area contributed by atoms with Gasteiger partial charge in [0, 0.05) is 34.4 Å². The van der Waals surface area contributed by atoms with Gasteiger partial charge in [-0.1, -0.05) is 0 Å². The van der Waals surface area contributed by atoms with Crippen LogP contribution in [0.2, 0.25) is 0 Å². The van der Waals surface area contributed by atoms with Gasteiger partial charge in [-0.15, -0.1) is 0 Å². The van der Waals surface area contributed by atoms with Crippen LogP contribution < -0.4 is 0 Å². The first-order valence-electron chi connectivity index (χ1n) is 5.83. The van der Waals surface area contributed by atoms with Gasteiger partial charge in [-0.3, -0.25) is 0 Å². The minimum absolute atomic E-state index is 0.0605. The maximum Gasteiger partial charge on any atom is 0.335 e. The molecule has 0 aromatic heterocycles. The van der Waals surface area contributed by atoms with Crippen molar-refractivity contribution >= 4 is 29.3 Å². The van der Waals surface area contributed by atoms with Crippen molar-refractivity contribution < 1.29 is 18.8 Å². The maximum absolute atomic E-state index is 13.3. The number of rotatable bonds is 1. The SMILES string of the molecule is O=C(O)c1ccc2c(c1)[S@+]([O-])c1cc(F)ccc1C=C2. The Morgan fingerprint density at radius 3 is 2.30 bits per heavy atom. The molecule has 3 nitrogen and oxygen atoms in total. The summed E-state index contributed by atoms with van der Waals surface area (Å²) in [7, 11) is 0. The van der Waals surface area contributed by atoms with Gasteiger partial charge >= 0.3 is 5.97 Å². The fourth-order valence-electron chi connectivity index (χ4n) is 2.07. The number of carboxylic acids is 1. The van der Waals surface area contributed by atoms with E-state index in [9.17, 15) is 13.7 Å². The van der Waals surface area contributed by atoms with Crippen molar-refractivity contribution in [1.82, 2.24) is 0 Å². The second-order valence-electron chi connectivity index (χ2n) is 4.34. The summed E-state index contributed by atoms with van der Waals surface area (Å²) in [5, 5.41) is 9.01. The standard InChI is InChI=1S/C15H9FO3S/c16-12-6-5-10-2-1-9-3-4-11(15(17)18)7-13(9)20(19)14(10)8-12/h1-8H,(H,17,18)/t20-/m0/s1. The molecule has 2 aromatic carbocycles. The third kappa shape index (κ3) is 2.11. The predicted molar refractivity (Wildman–Crippen MR) is 73.4 cm³/mol. The second-order valence-corrected chi connectivity index (χ2v) is 5.76.